The molecule has 6 rings (SSSR count). The molecule has 0 aliphatic heterocycles. The molecule has 2 aliphatic rings. The Balaban J connectivity index is 1.79. The summed E-state index contributed by atoms with van der Waals surface area (Å²) in [4.78, 5) is 0. The van der Waals surface area contributed by atoms with E-state index in [4.69, 9.17) is 0 Å². The topological polar surface area (TPSA) is 0 Å². The summed E-state index contributed by atoms with van der Waals surface area (Å²) in [6.45, 7) is 7.21. The summed E-state index contributed by atoms with van der Waals surface area (Å²) in [7, 11) is 0. The van der Waals surface area contributed by atoms with Crippen molar-refractivity contribution < 1.29 is 0 Å². The maximum Gasteiger partial charge on any atom is -0.00574 e. The van der Waals surface area contributed by atoms with Crippen molar-refractivity contribution in [1.29, 1.82) is 0 Å². The van der Waals surface area contributed by atoms with E-state index in [1.807, 2.05) is 0 Å². The third kappa shape index (κ3) is 2.40. The predicted octanol–water partition coefficient (Wildman–Crippen LogP) is 8.00. The van der Waals surface area contributed by atoms with Gasteiger partial charge in [0.05, 0.1) is 0 Å². The molecule has 1 atom stereocenters. The minimum absolute atomic E-state index is 0.189. The fourth-order valence-corrected chi connectivity index (χ4v) is 5.65. The molecule has 0 radical (unpaired) electrons. The SMILES string of the molecule is CC(C)(C)[C@@H]1Cc2ccc3ccccc3c2C1=C1c2ccccc2-c2ccccc21. The summed E-state index contributed by atoms with van der Waals surface area (Å²) in [5.74, 6) is 0.493. The van der Waals surface area contributed by atoms with Crippen LogP contribution < -0.4 is 0 Å². The van der Waals surface area contributed by atoms with Crippen LogP contribution >= 0.6 is 0 Å². The van der Waals surface area contributed by atoms with Gasteiger partial charge in [-0.2, -0.15) is 0 Å². The largest absolute Gasteiger partial charge is 0.0616 e. The highest BCUT2D eigenvalue weighted by atomic mass is 14.4. The molecular weight excluding hydrogens is 360 g/mol. The standard InChI is InChI=1S/C30H26/c1-30(2,3)26-18-20-17-16-19-10-4-5-11-21(19)27(20)29(26)28-24-14-8-6-12-22(24)23-13-7-9-15-25(23)28/h4-17,26H,18H2,1-3H3/t26-/m1/s1. The monoisotopic (exact) mass is 386 g/mol. The first-order valence-electron chi connectivity index (χ1n) is 11.0. The van der Waals surface area contributed by atoms with Crippen LogP contribution in [0.25, 0.3) is 33.0 Å². The van der Waals surface area contributed by atoms with Crippen molar-refractivity contribution in [3.05, 3.63) is 107 Å². The normalized spacial score (nSPS) is 17.2. The second-order valence-corrected chi connectivity index (χ2v) is 9.82. The van der Waals surface area contributed by atoms with E-state index in [9.17, 15) is 0 Å². The first-order chi connectivity index (χ1) is 14.5. The van der Waals surface area contributed by atoms with Crippen LogP contribution in [-0.4, -0.2) is 0 Å². The maximum atomic E-state index is 2.40. The molecule has 0 bridgehead atoms. The molecular formula is C30H26. The summed E-state index contributed by atoms with van der Waals surface area (Å²) >= 11 is 0. The van der Waals surface area contributed by atoms with Crippen LogP contribution in [0.3, 0.4) is 0 Å². The van der Waals surface area contributed by atoms with Gasteiger partial charge in [-0.05, 0) is 73.1 Å². The van der Waals surface area contributed by atoms with Crippen LogP contribution in [-0.2, 0) is 6.42 Å². The van der Waals surface area contributed by atoms with E-state index >= 15 is 0 Å². The lowest BCUT2D eigenvalue weighted by Crippen LogP contribution is -2.20. The number of allylic oxidation sites excluding steroid dienone is 1. The first kappa shape index (κ1) is 17.7. The Kier molecular flexibility index (Phi) is 3.65. The maximum absolute atomic E-state index is 2.40. The van der Waals surface area contributed by atoms with Crippen LogP contribution in [0.4, 0.5) is 0 Å². The third-order valence-corrected chi connectivity index (χ3v) is 7.05. The van der Waals surface area contributed by atoms with E-state index in [2.05, 4.69) is 106 Å². The van der Waals surface area contributed by atoms with Crippen molar-refractivity contribution in [2.24, 2.45) is 11.3 Å². The van der Waals surface area contributed by atoms with E-state index in [0.29, 0.717) is 5.92 Å². The Morgan fingerprint density at radius 1 is 0.633 bits per heavy atom. The zero-order valence-electron chi connectivity index (χ0n) is 17.9. The van der Waals surface area contributed by atoms with Gasteiger partial charge in [-0.15, -0.1) is 0 Å². The van der Waals surface area contributed by atoms with Crippen molar-refractivity contribution in [3.8, 4) is 11.1 Å². The number of rotatable bonds is 0. The number of benzene rings is 4. The van der Waals surface area contributed by atoms with Crippen molar-refractivity contribution in [1.82, 2.24) is 0 Å². The highest BCUT2D eigenvalue weighted by Crippen LogP contribution is 2.56. The van der Waals surface area contributed by atoms with Crippen LogP contribution in [0.15, 0.2) is 84.9 Å². The molecule has 0 heteroatoms. The lowest BCUT2D eigenvalue weighted by molar-refractivity contribution is 0.309. The predicted molar refractivity (Wildman–Crippen MR) is 128 cm³/mol. The van der Waals surface area contributed by atoms with Gasteiger partial charge < -0.3 is 0 Å². The molecule has 0 saturated heterocycles. The molecule has 4 aromatic rings. The molecule has 0 fully saturated rings. The van der Waals surface area contributed by atoms with Crippen LogP contribution in [0.2, 0.25) is 0 Å². The molecule has 0 aromatic heterocycles. The van der Waals surface area contributed by atoms with Crippen LogP contribution in [0, 0.1) is 11.3 Å². The van der Waals surface area contributed by atoms with Gasteiger partial charge in [0.15, 0.2) is 0 Å². The summed E-state index contributed by atoms with van der Waals surface area (Å²) in [6.07, 6.45) is 1.12. The second-order valence-electron chi connectivity index (χ2n) is 9.82. The second kappa shape index (κ2) is 6.19. The Hall–Kier alpha value is -3.12. The van der Waals surface area contributed by atoms with Crippen LogP contribution in [0.5, 0.6) is 0 Å². The van der Waals surface area contributed by atoms with Gasteiger partial charge >= 0.3 is 0 Å². The molecule has 0 spiro atoms. The zero-order valence-corrected chi connectivity index (χ0v) is 17.9. The van der Waals surface area contributed by atoms with Gasteiger partial charge in [0.25, 0.3) is 0 Å². The van der Waals surface area contributed by atoms with Gasteiger partial charge in [0.2, 0.25) is 0 Å². The Morgan fingerprint density at radius 2 is 1.20 bits per heavy atom. The van der Waals surface area contributed by atoms with Gasteiger partial charge in [0.1, 0.15) is 0 Å². The van der Waals surface area contributed by atoms with E-state index in [1.165, 1.54) is 49.7 Å². The molecule has 0 saturated carbocycles. The van der Waals surface area contributed by atoms with Crippen LogP contribution in [0.1, 0.15) is 43.0 Å². The smallest absolute Gasteiger partial charge is 0.00574 e. The molecule has 0 heterocycles. The molecule has 0 unspecified atom stereocenters. The number of fused-ring (bicyclic) bond motifs is 6. The molecule has 146 valence electrons. The molecule has 0 N–H and O–H groups in total. The Bertz CT molecular complexity index is 1300. The minimum Gasteiger partial charge on any atom is -0.0616 e. The number of hydrogen-bond acceptors (Lipinski definition) is 0. The first-order valence-corrected chi connectivity index (χ1v) is 11.0. The van der Waals surface area contributed by atoms with E-state index < -0.39 is 0 Å². The lowest BCUT2D eigenvalue weighted by atomic mass is 9.74. The average molecular weight is 387 g/mol. The highest BCUT2D eigenvalue weighted by molar-refractivity contribution is 6.14. The third-order valence-electron chi connectivity index (χ3n) is 7.05. The summed E-state index contributed by atoms with van der Waals surface area (Å²) < 4.78 is 0. The van der Waals surface area contributed by atoms with E-state index in [-0.39, 0.29) is 5.41 Å². The molecule has 0 amide bonds. The number of hydrogen-bond donors (Lipinski definition) is 0. The molecule has 4 aromatic carbocycles. The summed E-state index contributed by atoms with van der Waals surface area (Å²) in [5.41, 5.74) is 11.7. The molecule has 2 aliphatic carbocycles. The minimum atomic E-state index is 0.189. The van der Waals surface area contributed by atoms with Gasteiger partial charge in [-0.1, -0.05) is 106 Å². The summed E-state index contributed by atoms with van der Waals surface area (Å²) in [6, 6.07) is 31.5. The van der Waals surface area contributed by atoms with E-state index in [0.717, 1.165) is 6.42 Å². The van der Waals surface area contributed by atoms with Crippen molar-refractivity contribution in [3.63, 3.8) is 0 Å². The van der Waals surface area contributed by atoms with E-state index in [1.54, 1.807) is 5.57 Å². The van der Waals surface area contributed by atoms with Crippen molar-refractivity contribution in [2.75, 3.05) is 0 Å². The summed E-state index contributed by atoms with van der Waals surface area (Å²) in [5, 5.41) is 2.73. The fraction of sp³-hybridized carbons (Fsp3) is 0.200. The van der Waals surface area contributed by atoms with Gasteiger partial charge in [-0.25, -0.2) is 0 Å². The van der Waals surface area contributed by atoms with Gasteiger partial charge in [-0.3, -0.25) is 0 Å². The Morgan fingerprint density at radius 3 is 1.83 bits per heavy atom. The quantitative estimate of drug-likeness (QED) is 0.253. The average Bonchev–Trinajstić information content (AvgIpc) is 3.30. The zero-order chi connectivity index (χ0) is 20.5. The van der Waals surface area contributed by atoms with Gasteiger partial charge in [0, 0.05) is 0 Å². The van der Waals surface area contributed by atoms with Crippen molar-refractivity contribution in [2.45, 2.75) is 27.2 Å². The fourth-order valence-electron chi connectivity index (χ4n) is 5.65. The molecule has 0 nitrogen and oxygen atoms in total. The Labute approximate surface area is 178 Å². The lowest BCUT2D eigenvalue weighted by Gasteiger charge is -2.30. The van der Waals surface area contributed by atoms with Crippen molar-refractivity contribution >= 4 is 21.9 Å². The highest BCUT2D eigenvalue weighted by Gasteiger charge is 2.40. The molecule has 30 heavy (non-hydrogen) atoms.